The first kappa shape index (κ1) is 18.4. The van der Waals surface area contributed by atoms with E-state index in [1.807, 2.05) is 0 Å². The van der Waals surface area contributed by atoms with Gasteiger partial charge in [0.25, 0.3) is 0 Å². The molecule has 26 heavy (non-hydrogen) atoms. The number of pyridine rings is 1. The van der Waals surface area contributed by atoms with Gasteiger partial charge in [-0.05, 0) is 30.3 Å². The van der Waals surface area contributed by atoms with Crippen LogP contribution < -0.4 is 15.5 Å². The minimum absolute atomic E-state index is 0.0726. The van der Waals surface area contributed by atoms with Crippen molar-refractivity contribution in [2.24, 2.45) is 0 Å². The number of carbonyl (C=O) groups is 1. The van der Waals surface area contributed by atoms with Crippen molar-refractivity contribution >= 4 is 45.9 Å². The second-order valence-corrected chi connectivity index (χ2v) is 7.02. The van der Waals surface area contributed by atoms with Crippen LogP contribution in [-0.4, -0.2) is 23.8 Å². The molecule has 1 aromatic heterocycles. The number of carbonyl (C=O) groups excluding carboxylic acids is 1. The predicted molar refractivity (Wildman–Crippen MR) is 107 cm³/mol. The fourth-order valence-corrected chi connectivity index (χ4v) is 3.49. The van der Waals surface area contributed by atoms with Crippen molar-refractivity contribution in [3.8, 4) is 5.75 Å². The largest absolute Gasteiger partial charge is 0.495 e. The molecule has 0 saturated heterocycles. The molecule has 3 aromatic rings. The van der Waals surface area contributed by atoms with Gasteiger partial charge in [0.2, 0.25) is 5.91 Å². The Bertz CT molecular complexity index is 1000. The van der Waals surface area contributed by atoms with Gasteiger partial charge in [0.15, 0.2) is 5.43 Å². The zero-order valence-corrected chi connectivity index (χ0v) is 15.6. The molecule has 3 rings (SSSR count). The summed E-state index contributed by atoms with van der Waals surface area (Å²) >= 11 is 7.31. The van der Waals surface area contributed by atoms with Crippen molar-refractivity contribution in [2.45, 2.75) is 5.75 Å². The number of hydrogen-bond donors (Lipinski definition) is 2. The van der Waals surface area contributed by atoms with Gasteiger partial charge in [0.05, 0.1) is 18.4 Å². The van der Waals surface area contributed by atoms with E-state index in [0.29, 0.717) is 33.1 Å². The highest BCUT2D eigenvalue weighted by Crippen LogP contribution is 2.22. The fraction of sp³-hybridized carbons (Fsp3) is 0.158. The van der Waals surface area contributed by atoms with E-state index in [-0.39, 0.29) is 17.1 Å². The number of fused-ring (bicyclic) bond motifs is 1. The van der Waals surface area contributed by atoms with E-state index in [9.17, 15) is 9.59 Å². The quantitative estimate of drug-likeness (QED) is 0.668. The zero-order chi connectivity index (χ0) is 18.5. The van der Waals surface area contributed by atoms with Crippen LogP contribution in [0.3, 0.4) is 0 Å². The van der Waals surface area contributed by atoms with Gasteiger partial charge in [-0.15, -0.1) is 11.8 Å². The summed E-state index contributed by atoms with van der Waals surface area (Å²) in [5.41, 5.74) is 2.00. The number of ether oxygens (including phenoxy) is 1. The third-order valence-electron chi connectivity index (χ3n) is 3.70. The Morgan fingerprint density at radius 1 is 1.23 bits per heavy atom. The van der Waals surface area contributed by atoms with Crippen molar-refractivity contribution < 1.29 is 9.53 Å². The predicted octanol–water partition coefficient (Wildman–Crippen LogP) is 4.06. The third kappa shape index (κ3) is 4.39. The van der Waals surface area contributed by atoms with Gasteiger partial charge in [0, 0.05) is 33.6 Å². The van der Waals surface area contributed by atoms with Gasteiger partial charge in [-0.3, -0.25) is 9.59 Å². The smallest absolute Gasteiger partial charge is 0.234 e. The Hall–Kier alpha value is -2.44. The van der Waals surface area contributed by atoms with Crippen molar-refractivity contribution in [1.29, 1.82) is 0 Å². The highest BCUT2D eigenvalue weighted by Gasteiger charge is 2.08. The molecule has 0 saturated carbocycles. The lowest BCUT2D eigenvalue weighted by Gasteiger charge is -2.08. The number of hydrogen-bond acceptors (Lipinski definition) is 4. The number of nitrogens with one attached hydrogen (secondary N) is 2. The molecule has 134 valence electrons. The number of aromatic nitrogens is 1. The highest BCUT2D eigenvalue weighted by atomic mass is 35.5. The maximum absolute atomic E-state index is 12.3. The second-order valence-electron chi connectivity index (χ2n) is 5.59. The van der Waals surface area contributed by atoms with Gasteiger partial charge >= 0.3 is 0 Å². The van der Waals surface area contributed by atoms with Crippen LogP contribution in [0.15, 0.2) is 53.3 Å². The molecule has 0 bridgehead atoms. The molecule has 2 aromatic carbocycles. The van der Waals surface area contributed by atoms with Crippen molar-refractivity contribution in [1.82, 2.24) is 4.98 Å². The Kier molecular flexibility index (Phi) is 5.85. The van der Waals surface area contributed by atoms with E-state index in [1.165, 1.54) is 11.8 Å². The lowest BCUT2D eigenvalue weighted by Crippen LogP contribution is -2.14. The number of halogens is 1. The molecule has 0 spiro atoms. The molecule has 0 fully saturated rings. The van der Waals surface area contributed by atoms with E-state index < -0.39 is 0 Å². The minimum Gasteiger partial charge on any atom is -0.495 e. The standard InChI is InChI=1S/C19H17ClN2O3S/c1-25-17-7-3-6-15-16(23)9-14(22-19(15)17)10-26-11-18(24)21-13-5-2-4-12(20)8-13/h2-9H,10-11H2,1H3,(H,21,24)(H,22,23). The third-order valence-corrected chi connectivity index (χ3v) is 4.92. The number of para-hydroxylation sites is 1. The van der Waals surface area contributed by atoms with Gasteiger partial charge in [0.1, 0.15) is 5.75 Å². The van der Waals surface area contributed by atoms with Gasteiger partial charge in [-0.1, -0.05) is 23.7 Å². The second kappa shape index (κ2) is 8.29. The van der Waals surface area contributed by atoms with Crippen LogP contribution in [0.5, 0.6) is 5.75 Å². The lowest BCUT2D eigenvalue weighted by molar-refractivity contribution is -0.113. The van der Waals surface area contributed by atoms with E-state index in [0.717, 1.165) is 5.69 Å². The number of aromatic amines is 1. The molecule has 7 heteroatoms. The van der Waals surface area contributed by atoms with Crippen LogP contribution >= 0.6 is 23.4 Å². The lowest BCUT2D eigenvalue weighted by atomic mass is 10.2. The number of methoxy groups -OCH3 is 1. The van der Waals surface area contributed by atoms with Crippen molar-refractivity contribution in [2.75, 3.05) is 18.2 Å². The van der Waals surface area contributed by atoms with Crippen LogP contribution in [0.1, 0.15) is 5.69 Å². The molecular weight excluding hydrogens is 372 g/mol. The molecule has 5 nitrogen and oxygen atoms in total. The molecule has 0 aliphatic heterocycles. The normalized spacial score (nSPS) is 10.7. The summed E-state index contributed by atoms with van der Waals surface area (Å²) in [5, 5.41) is 3.94. The monoisotopic (exact) mass is 388 g/mol. The molecule has 0 atom stereocenters. The Morgan fingerprint density at radius 3 is 2.81 bits per heavy atom. The van der Waals surface area contributed by atoms with E-state index in [4.69, 9.17) is 16.3 Å². The summed E-state index contributed by atoms with van der Waals surface area (Å²) in [6.45, 7) is 0. The molecule has 1 heterocycles. The van der Waals surface area contributed by atoms with Crippen molar-refractivity contribution in [3.63, 3.8) is 0 Å². The Morgan fingerprint density at radius 2 is 2.04 bits per heavy atom. The van der Waals surface area contributed by atoms with Gasteiger partial charge in [-0.25, -0.2) is 0 Å². The molecule has 0 aliphatic rings. The fourth-order valence-electron chi connectivity index (χ4n) is 2.56. The first-order chi connectivity index (χ1) is 12.6. The number of thioether (sulfide) groups is 1. The van der Waals surface area contributed by atoms with Crippen LogP contribution in [-0.2, 0) is 10.5 Å². The zero-order valence-electron chi connectivity index (χ0n) is 14.0. The van der Waals surface area contributed by atoms with Crippen LogP contribution in [0.2, 0.25) is 5.02 Å². The summed E-state index contributed by atoms with van der Waals surface area (Å²) in [4.78, 5) is 27.5. The Balaban J connectivity index is 1.64. The SMILES string of the molecule is COc1cccc2c(=O)cc(CSCC(=O)Nc3cccc(Cl)c3)[nH]c12. The summed E-state index contributed by atoms with van der Waals surface area (Å²) in [5.74, 6) is 1.26. The van der Waals surface area contributed by atoms with Crippen LogP contribution in [0, 0.1) is 0 Å². The maximum Gasteiger partial charge on any atom is 0.234 e. The maximum atomic E-state index is 12.3. The number of anilines is 1. The van der Waals surface area contributed by atoms with Crippen LogP contribution in [0.25, 0.3) is 10.9 Å². The first-order valence-corrected chi connectivity index (χ1v) is 9.42. The summed E-state index contributed by atoms with van der Waals surface area (Å²) < 4.78 is 5.30. The minimum atomic E-state index is -0.127. The average molecular weight is 389 g/mol. The van der Waals surface area contributed by atoms with Gasteiger partial charge in [-0.2, -0.15) is 0 Å². The van der Waals surface area contributed by atoms with Crippen molar-refractivity contribution in [3.05, 3.63) is 69.5 Å². The molecule has 0 radical (unpaired) electrons. The van der Waals surface area contributed by atoms with E-state index >= 15 is 0 Å². The highest BCUT2D eigenvalue weighted by molar-refractivity contribution is 7.99. The van der Waals surface area contributed by atoms with E-state index in [1.54, 1.807) is 55.6 Å². The number of rotatable bonds is 6. The molecular formula is C19H17ClN2O3S. The number of amides is 1. The average Bonchev–Trinajstić information content (AvgIpc) is 2.61. The molecule has 2 N–H and O–H groups in total. The molecule has 0 aliphatic carbocycles. The van der Waals surface area contributed by atoms with Crippen LogP contribution in [0.4, 0.5) is 5.69 Å². The summed E-state index contributed by atoms with van der Waals surface area (Å²) in [7, 11) is 1.56. The topological polar surface area (TPSA) is 71.2 Å². The summed E-state index contributed by atoms with van der Waals surface area (Å²) in [6.07, 6.45) is 0. The molecule has 0 unspecified atom stereocenters. The number of benzene rings is 2. The van der Waals surface area contributed by atoms with E-state index in [2.05, 4.69) is 10.3 Å². The summed E-state index contributed by atoms with van der Waals surface area (Å²) in [6, 6.07) is 13.9. The number of H-pyrrole nitrogens is 1. The van der Waals surface area contributed by atoms with Gasteiger partial charge < -0.3 is 15.0 Å². The Labute approximate surface area is 159 Å². The molecule has 1 amide bonds. The first-order valence-electron chi connectivity index (χ1n) is 7.89.